The Balaban J connectivity index is 2.00. The average molecular weight is 182 g/mol. The van der Waals surface area contributed by atoms with Crippen molar-refractivity contribution in [2.75, 3.05) is 26.7 Å². The van der Waals surface area contributed by atoms with Gasteiger partial charge in [0, 0.05) is 19.3 Å². The van der Waals surface area contributed by atoms with Crippen LogP contribution in [0, 0.1) is 5.41 Å². The van der Waals surface area contributed by atoms with Crippen LogP contribution in [0.3, 0.4) is 0 Å². The molecule has 1 saturated heterocycles. The summed E-state index contributed by atoms with van der Waals surface area (Å²) in [4.78, 5) is 2.29. The summed E-state index contributed by atoms with van der Waals surface area (Å²) in [5.41, 5.74) is 0. The molecular weight excluding hydrogens is 164 g/mol. The smallest absolute Gasteiger partial charge is 0.0714 e. The van der Waals surface area contributed by atoms with Gasteiger partial charge in [-0.15, -0.1) is 0 Å². The molecule has 1 fully saturated rings. The molecule has 0 saturated carbocycles. The average Bonchev–Trinajstić information content (AvgIpc) is 2.51. The summed E-state index contributed by atoms with van der Waals surface area (Å²) >= 11 is 0. The fraction of sp³-hybridized carbons (Fsp3) is 0.700. The SMILES string of the molecule is CN1CC[C@@H](OCC/C=C\C=N)C1. The number of allylic oxidation sites excluding steroid dienone is 1. The Bertz CT molecular complexity index is 180. The Morgan fingerprint density at radius 1 is 1.62 bits per heavy atom. The van der Waals surface area contributed by atoms with Crippen LogP contribution in [0.1, 0.15) is 12.8 Å². The van der Waals surface area contributed by atoms with Gasteiger partial charge in [-0.2, -0.15) is 0 Å². The highest BCUT2D eigenvalue weighted by atomic mass is 16.5. The zero-order valence-corrected chi connectivity index (χ0v) is 8.20. The van der Waals surface area contributed by atoms with Crippen LogP contribution in [-0.2, 0) is 4.74 Å². The Labute approximate surface area is 79.9 Å². The molecule has 0 aliphatic carbocycles. The molecule has 1 N–H and O–H groups in total. The Morgan fingerprint density at radius 2 is 2.46 bits per heavy atom. The molecule has 1 rings (SSSR count). The van der Waals surface area contributed by atoms with E-state index in [0.29, 0.717) is 6.10 Å². The summed E-state index contributed by atoms with van der Waals surface area (Å²) in [6.07, 6.45) is 7.50. The van der Waals surface area contributed by atoms with Gasteiger partial charge in [0.25, 0.3) is 0 Å². The van der Waals surface area contributed by atoms with Crippen molar-refractivity contribution < 1.29 is 4.74 Å². The van der Waals surface area contributed by atoms with Gasteiger partial charge in [0.05, 0.1) is 12.7 Å². The number of rotatable bonds is 5. The molecule has 13 heavy (non-hydrogen) atoms. The van der Waals surface area contributed by atoms with Crippen LogP contribution in [0.25, 0.3) is 0 Å². The lowest BCUT2D eigenvalue weighted by atomic mass is 10.3. The first-order valence-corrected chi connectivity index (χ1v) is 4.78. The van der Waals surface area contributed by atoms with Gasteiger partial charge >= 0.3 is 0 Å². The van der Waals surface area contributed by atoms with Crippen molar-refractivity contribution in [2.45, 2.75) is 18.9 Å². The number of nitrogens with one attached hydrogen (secondary N) is 1. The van der Waals surface area contributed by atoms with Crippen LogP contribution in [0.5, 0.6) is 0 Å². The molecule has 0 spiro atoms. The minimum Gasteiger partial charge on any atom is -0.377 e. The first kappa shape index (κ1) is 10.4. The highest BCUT2D eigenvalue weighted by Crippen LogP contribution is 2.10. The lowest BCUT2D eigenvalue weighted by Gasteiger charge is -2.10. The van der Waals surface area contributed by atoms with E-state index in [4.69, 9.17) is 10.1 Å². The maximum atomic E-state index is 6.77. The van der Waals surface area contributed by atoms with E-state index in [9.17, 15) is 0 Å². The third-order valence-electron chi connectivity index (χ3n) is 2.22. The highest BCUT2D eigenvalue weighted by molar-refractivity contribution is 5.67. The lowest BCUT2D eigenvalue weighted by molar-refractivity contribution is 0.0643. The van der Waals surface area contributed by atoms with Crippen LogP contribution in [0.4, 0.5) is 0 Å². The van der Waals surface area contributed by atoms with Gasteiger partial charge in [-0.25, -0.2) is 0 Å². The quantitative estimate of drug-likeness (QED) is 0.514. The van der Waals surface area contributed by atoms with Gasteiger partial charge in [-0.05, 0) is 26.0 Å². The number of likely N-dealkylation sites (tertiary alicyclic amines) is 1. The van der Waals surface area contributed by atoms with E-state index in [2.05, 4.69) is 11.9 Å². The Kier molecular flexibility index (Phi) is 4.72. The van der Waals surface area contributed by atoms with Gasteiger partial charge in [-0.3, -0.25) is 0 Å². The third kappa shape index (κ3) is 4.20. The molecule has 0 unspecified atom stereocenters. The van der Waals surface area contributed by atoms with Crippen molar-refractivity contribution in [2.24, 2.45) is 0 Å². The fourth-order valence-electron chi connectivity index (χ4n) is 1.50. The van der Waals surface area contributed by atoms with Crippen LogP contribution >= 0.6 is 0 Å². The van der Waals surface area contributed by atoms with Crippen LogP contribution < -0.4 is 0 Å². The Hall–Kier alpha value is -0.670. The zero-order valence-electron chi connectivity index (χ0n) is 8.20. The van der Waals surface area contributed by atoms with Crippen LogP contribution in [0.15, 0.2) is 12.2 Å². The number of ether oxygens (including phenoxy) is 1. The van der Waals surface area contributed by atoms with E-state index < -0.39 is 0 Å². The molecule has 1 aliphatic heterocycles. The van der Waals surface area contributed by atoms with Crippen LogP contribution in [0.2, 0.25) is 0 Å². The number of hydrogen-bond acceptors (Lipinski definition) is 3. The molecule has 1 aliphatic rings. The van der Waals surface area contributed by atoms with E-state index >= 15 is 0 Å². The monoisotopic (exact) mass is 182 g/mol. The molecule has 0 aromatic rings. The molecule has 1 atom stereocenters. The van der Waals surface area contributed by atoms with Crippen molar-refractivity contribution in [1.82, 2.24) is 4.90 Å². The molecule has 74 valence electrons. The highest BCUT2D eigenvalue weighted by Gasteiger charge is 2.18. The van der Waals surface area contributed by atoms with E-state index in [1.165, 1.54) is 6.21 Å². The minimum atomic E-state index is 0.429. The minimum absolute atomic E-state index is 0.429. The van der Waals surface area contributed by atoms with E-state index in [1.54, 1.807) is 6.08 Å². The van der Waals surface area contributed by atoms with Crippen molar-refractivity contribution >= 4 is 6.21 Å². The lowest BCUT2D eigenvalue weighted by Crippen LogP contribution is -2.19. The van der Waals surface area contributed by atoms with Crippen molar-refractivity contribution in [3.63, 3.8) is 0 Å². The maximum Gasteiger partial charge on any atom is 0.0714 e. The summed E-state index contributed by atoms with van der Waals surface area (Å²) in [5, 5.41) is 6.77. The Morgan fingerprint density at radius 3 is 3.08 bits per heavy atom. The summed E-state index contributed by atoms with van der Waals surface area (Å²) in [6, 6.07) is 0. The van der Waals surface area contributed by atoms with Gasteiger partial charge in [0.15, 0.2) is 0 Å². The van der Waals surface area contributed by atoms with Gasteiger partial charge in [0.2, 0.25) is 0 Å². The maximum absolute atomic E-state index is 6.77. The zero-order chi connectivity index (χ0) is 9.52. The second-order valence-electron chi connectivity index (χ2n) is 3.43. The molecule has 0 radical (unpaired) electrons. The van der Waals surface area contributed by atoms with Gasteiger partial charge in [0.1, 0.15) is 0 Å². The third-order valence-corrected chi connectivity index (χ3v) is 2.22. The first-order valence-electron chi connectivity index (χ1n) is 4.78. The van der Waals surface area contributed by atoms with Crippen molar-refractivity contribution in [3.05, 3.63) is 12.2 Å². The van der Waals surface area contributed by atoms with E-state index in [0.717, 1.165) is 32.5 Å². The number of hydrogen-bond donors (Lipinski definition) is 1. The fourth-order valence-corrected chi connectivity index (χ4v) is 1.50. The van der Waals surface area contributed by atoms with Crippen molar-refractivity contribution in [1.29, 1.82) is 5.41 Å². The van der Waals surface area contributed by atoms with E-state index in [-0.39, 0.29) is 0 Å². The number of nitrogens with zero attached hydrogens (tertiary/aromatic N) is 1. The van der Waals surface area contributed by atoms with Gasteiger partial charge in [-0.1, -0.05) is 6.08 Å². The molecular formula is C10H18N2O. The second-order valence-corrected chi connectivity index (χ2v) is 3.43. The summed E-state index contributed by atoms with van der Waals surface area (Å²) in [7, 11) is 2.12. The summed E-state index contributed by atoms with van der Waals surface area (Å²) < 4.78 is 5.65. The molecule has 0 aromatic heterocycles. The summed E-state index contributed by atoms with van der Waals surface area (Å²) in [5.74, 6) is 0. The number of likely N-dealkylation sites (N-methyl/N-ethyl adjacent to an activating group) is 1. The largest absolute Gasteiger partial charge is 0.377 e. The molecule has 0 amide bonds. The molecule has 3 heteroatoms. The van der Waals surface area contributed by atoms with E-state index in [1.807, 2.05) is 6.08 Å². The predicted octanol–water partition coefficient (Wildman–Crippen LogP) is 1.30. The van der Waals surface area contributed by atoms with Gasteiger partial charge < -0.3 is 15.0 Å². The topological polar surface area (TPSA) is 36.3 Å². The standard InChI is InChI=1S/C10H18N2O/c1-12-7-5-10(9-12)13-8-4-2-3-6-11/h2-3,6,10-11H,4-5,7-9H2,1H3/b3-2-,11-6?/t10-/m1/s1. The molecule has 1 heterocycles. The second kappa shape index (κ2) is 5.89. The van der Waals surface area contributed by atoms with Crippen molar-refractivity contribution in [3.8, 4) is 0 Å². The normalized spacial score (nSPS) is 24.2. The van der Waals surface area contributed by atoms with Crippen LogP contribution in [-0.4, -0.2) is 44.0 Å². The summed E-state index contributed by atoms with van der Waals surface area (Å²) in [6.45, 7) is 3.00. The predicted molar refractivity (Wildman–Crippen MR) is 54.4 cm³/mol. The molecule has 3 nitrogen and oxygen atoms in total. The molecule has 0 aromatic carbocycles. The first-order chi connectivity index (χ1) is 6.33. The molecule has 0 bridgehead atoms.